The Balaban J connectivity index is 1.23. The molecule has 0 amide bonds. The van der Waals surface area contributed by atoms with Gasteiger partial charge in [0.05, 0.1) is 56.9 Å². The van der Waals surface area contributed by atoms with Gasteiger partial charge in [0, 0.05) is 23.1 Å². The number of ether oxygens (including phenoxy) is 2. The summed E-state index contributed by atoms with van der Waals surface area (Å²) in [4.78, 5) is 41.6. The van der Waals surface area contributed by atoms with Crippen molar-refractivity contribution in [3.05, 3.63) is 55.7 Å². The molecular weight excluding hydrogens is 589 g/mol. The zero-order valence-electron chi connectivity index (χ0n) is 22.9. The number of rotatable bonds is 12. The summed E-state index contributed by atoms with van der Waals surface area (Å²) < 4.78 is 44.9. The smallest absolute Gasteiger partial charge is 0.382 e. The second-order valence-electron chi connectivity index (χ2n) is 9.77. The number of hydrogen-bond donors (Lipinski definition) is 2. The van der Waals surface area contributed by atoms with Crippen LogP contribution < -0.4 is 17.0 Å². The van der Waals surface area contributed by atoms with Crippen LogP contribution in [0.5, 0.6) is 0 Å². The second kappa shape index (κ2) is 13.0. The van der Waals surface area contributed by atoms with Crippen LogP contribution in [0.3, 0.4) is 0 Å². The zero-order chi connectivity index (χ0) is 30.6. The van der Waals surface area contributed by atoms with Gasteiger partial charge in [-0.2, -0.15) is 5.26 Å². The van der Waals surface area contributed by atoms with Gasteiger partial charge >= 0.3 is 13.5 Å². The van der Waals surface area contributed by atoms with E-state index in [-0.39, 0.29) is 37.4 Å². The predicted molar refractivity (Wildman–Crippen MR) is 146 cm³/mol. The molecule has 3 aromatic rings. The fourth-order valence-electron chi connectivity index (χ4n) is 4.77. The molecule has 3 N–H and O–H groups in total. The molecule has 0 aliphatic carbocycles. The minimum Gasteiger partial charge on any atom is -0.382 e. The van der Waals surface area contributed by atoms with Gasteiger partial charge in [-0.3, -0.25) is 32.5 Å². The van der Waals surface area contributed by atoms with Crippen LogP contribution >= 0.6 is 7.82 Å². The van der Waals surface area contributed by atoms with Crippen molar-refractivity contribution in [1.82, 2.24) is 29.1 Å². The number of azide groups is 1. The third-order valence-corrected chi connectivity index (χ3v) is 8.35. The van der Waals surface area contributed by atoms with E-state index in [1.54, 1.807) is 10.9 Å². The number of nitrogens with zero attached hydrogens (tertiary/aromatic N) is 9. The van der Waals surface area contributed by atoms with Crippen LogP contribution in [0.25, 0.3) is 21.6 Å². The van der Waals surface area contributed by atoms with Gasteiger partial charge in [-0.25, -0.2) is 24.3 Å². The Labute approximate surface area is 242 Å². The van der Waals surface area contributed by atoms with Crippen LogP contribution in [-0.4, -0.2) is 67.1 Å². The molecule has 6 atom stereocenters. The van der Waals surface area contributed by atoms with Crippen molar-refractivity contribution < 1.29 is 27.6 Å². The van der Waals surface area contributed by atoms with Crippen LogP contribution in [0, 0.1) is 18.3 Å². The molecule has 6 unspecified atom stereocenters. The molecule has 19 nitrogen and oxygen atoms in total. The summed E-state index contributed by atoms with van der Waals surface area (Å²) in [6.45, 7) is 0.741. The Bertz CT molecular complexity index is 1730. The van der Waals surface area contributed by atoms with E-state index in [4.69, 9.17) is 39.6 Å². The van der Waals surface area contributed by atoms with Crippen molar-refractivity contribution in [3.63, 3.8) is 0 Å². The number of aromatic nitrogens is 6. The van der Waals surface area contributed by atoms with E-state index in [0.717, 1.165) is 0 Å². The summed E-state index contributed by atoms with van der Waals surface area (Å²) in [6.07, 6.45) is 2.61. The van der Waals surface area contributed by atoms with Crippen molar-refractivity contribution in [2.24, 2.45) is 5.11 Å². The molecule has 2 saturated heterocycles. The topological polar surface area (TPSA) is 260 Å². The molecule has 2 aliphatic rings. The third kappa shape index (κ3) is 6.76. The van der Waals surface area contributed by atoms with Crippen LogP contribution in [0.1, 0.15) is 43.7 Å². The van der Waals surface area contributed by atoms with E-state index in [1.165, 1.54) is 24.0 Å². The van der Waals surface area contributed by atoms with E-state index in [0.29, 0.717) is 24.0 Å². The van der Waals surface area contributed by atoms with Crippen molar-refractivity contribution >= 4 is 24.8 Å². The summed E-state index contributed by atoms with van der Waals surface area (Å²) in [6, 6.07) is 1.09. The Kier molecular flexibility index (Phi) is 9.18. The molecule has 0 spiro atoms. The molecule has 0 radical (unpaired) electrons. The monoisotopic (exact) mass is 617 g/mol. The molecule has 3 aromatic heterocycles. The predicted octanol–water partition coefficient (Wildman–Crippen LogP) is 1.98. The maximum atomic E-state index is 13.5. The lowest BCUT2D eigenvalue weighted by molar-refractivity contribution is -0.0403. The van der Waals surface area contributed by atoms with Crippen LogP contribution in [0.4, 0.5) is 5.82 Å². The Morgan fingerprint density at radius 2 is 2.02 bits per heavy atom. The highest BCUT2D eigenvalue weighted by Crippen LogP contribution is 2.51. The SMILES string of the molecule is Cc1cn(C2CC(N=[N+]=[N-])C(COP(=O)(OCCC#N)OCC3CCC(n4cnc5c(N)ncnc54)O3)O2)c(=O)[nH]c1=O. The van der Waals surface area contributed by atoms with Crippen LogP contribution in [0.15, 0.2) is 33.6 Å². The molecule has 2 fully saturated rings. The van der Waals surface area contributed by atoms with E-state index in [9.17, 15) is 14.2 Å². The number of nitrogens with two attached hydrogens (primary N) is 1. The van der Waals surface area contributed by atoms with Crippen molar-refractivity contribution in [2.45, 2.75) is 63.3 Å². The number of nitrogens with one attached hydrogen (secondary N) is 1. The molecule has 5 heterocycles. The maximum Gasteiger partial charge on any atom is 0.474 e. The van der Waals surface area contributed by atoms with Crippen LogP contribution in [0.2, 0.25) is 0 Å². The Morgan fingerprint density at radius 3 is 2.81 bits per heavy atom. The number of phosphoric ester groups is 1. The average Bonchev–Trinajstić information content (AvgIpc) is 3.72. The quantitative estimate of drug-likeness (QED) is 0.0969. The lowest BCUT2D eigenvalue weighted by Gasteiger charge is -2.22. The van der Waals surface area contributed by atoms with Gasteiger partial charge in [-0.1, -0.05) is 5.11 Å². The molecule has 0 saturated carbocycles. The standard InChI is InChI=1S/C23H28N11O8P/c1-13-8-33(23(36)30-22(13)35)18-7-15(31-32-26)16(42-18)10-40-43(37,38-6-2-5-24)39-9-14-3-4-17(41-14)34-12-29-19-20(25)27-11-28-21(19)34/h8,11-12,14-18H,2-4,6-7,9-10H2,1H3,(H2,25,27,28)(H,30,35,36). The summed E-state index contributed by atoms with van der Waals surface area (Å²) in [5.41, 5.74) is 14.9. The first-order valence-corrected chi connectivity index (χ1v) is 14.7. The number of anilines is 1. The first-order chi connectivity index (χ1) is 20.7. The van der Waals surface area contributed by atoms with Gasteiger partial charge in [-0.15, -0.1) is 0 Å². The zero-order valence-corrected chi connectivity index (χ0v) is 23.8. The van der Waals surface area contributed by atoms with E-state index in [2.05, 4.69) is 30.0 Å². The van der Waals surface area contributed by atoms with E-state index >= 15 is 0 Å². The van der Waals surface area contributed by atoms with Gasteiger partial charge in [0.1, 0.15) is 24.3 Å². The number of nitrogen functional groups attached to an aromatic ring is 1. The normalized spacial score (nSPS) is 24.9. The molecule has 0 bridgehead atoms. The van der Waals surface area contributed by atoms with Gasteiger partial charge in [-0.05, 0) is 25.3 Å². The first kappa shape index (κ1) is 30.3. The summed E-state index contributed by atoms with van der Waals surface area (Å²) in [5, 5.41) is 12.6. The van der Waals surface area contributed by atoms with Gasteiger partial charge in [0.2, 0.25) is 0 Å². The number of aromatic amines is 1. The Hall–Kier alpha value is -4.14. The van der Waals surface area contributed by atoms with Crippen molar-refractivity contribution in [2.75, 3.05) is 25.6 Å². The van der Waals surface area contributed by atoms with E-state index in [1.807, 2.05) is 6.07 Å². The first-order valence-electron chi connectivity index (χ1n) is 13.2. The highest BCUT2D eigenvalue weighted by molar-refractivity contribution is 7.48. The number of nitriles is 1. The minimum absolute atomic E-state index is 0.0742. The summed E-state index contributed by atoms with van der Waals surface area (Å²) in [7, 11) is -4.26. The van der Waals surface area contributed by atoms with Crippen molar-refractivity contribution in [1.29, 1.82) is 5.26 Å². The number of imidazole rings is 1. The second-order valence-corrected chi connectivity index (χ2v) is 11.4. The summed E-state index contributed by atoms with van der Waals surface area (Å²) in [5.74, 6) is 0.246. The van der Waals surface area contributed by atoms with E-state index < -0.39 is 56.4 Å². The van der Waals surface area contributed by atoms with Gasteiger partial charge in [0.25, 0.3) is 5.56 Å². The largest absolute Gasteiger partial charge is 0.474 e. The van der Waals surface area contributed by atoms with Crippen molar-refractivity contribution in [3.8, 4) is 6.07 Å². The summed E-state index contributed by atoms with van der Waals surface area (Å²) >= 11 is 0. The van der Waals surface area contributed by atoms with Gasteiger partial charge < -0.3 is 15.2 Å². The number of hydrogen-bond acceptors (Lipinski definition) is 14. The average molecular weight is 618 g/mol. The molecule has 5 rings (SSSR count). The number of fused-ring (bicyclic) bond motifs is 1. The highest BCUT2D eigenvalue weighted by Gasteiger charge is 2.40. The third-order valence-electron chi connectivity index (χ3n) is 6.92. The number of H-pyrrole nitrogens is 1. The Morgan fingerprint density at radius 1 is 1.21 bits per heavy atom. The molecule has 20 heteroatoms. The fraction of sp³-hybridized carbons (Fsp3) is 0.565. The minimum atomic E-state index is -4.26. The molecule has 43 heavy (non-hydrogen) atoms. The maximum absolute atomic E-state index is 13.5. The van der Waals surface area contributed by atoms with Crippen LogP contribution in [-0.2, 0) is 27.6 Å². The molecular formula is C23H28N11O8P. The van der Waals surface area contributed by atoms with Gasteiger partial charge in [0.15, 0.2) is 11.5 Å². The molecule has 0 aromatic carbocycles. The molecule has 228 valence electrons. The highest BCUT2D eigenvalue weighted by atomic mass is 31.2. The molecule has 2 aliphatic heterocycles. The fourth-order valence-corrected chi connectivity index (χ4v) is 5.99. The number of phosphoric acid groups is 1. The number of aryl methyl sites for hydroxylation is 1. The lowest BCUT2D eigenvalue weighted by atomic mass is 10.1. The lowest BCUT2D eigenvalue weighted by Crippen LogP contribution is -2.33.